The number of H-pyrrole nitrogens is 1. The van der Waals surface area contributed by atoms with Crippen LogP contribution in [-0.4, -0.2) is 18.1 Å². The molecule has 0 saturated heterocycles. The number of benzene rings is 1. The molecule has 15 heavy (non-hydrogen) atoms. The highest BCUT2D eigenvalue weighted by Gasteiger charge is 2.01. The number of oxazole rings is 1. The Morgan fingerprint density at radius 3 is 3.13 bits per heavy atom. The number of anilines is 1. The molecular weight excluding hydrogens is 194 g/mol. The summed E-state index contributed by atoms with van der Waals surface area (Å²) in [5.41, 5.74) is 7.59. The van der Waals surface area contributed by atoms with Crippen LogP contribution in [0.2, 0.25) is 0 Å². The molecule has 0 amide bonds. The van der Waals surface area contributed by atoms with Gasteiger partial charge in [-0.05, 0) is 25.1 Å². The van der Waals surface area contributed by atoms with Crippen LogP contribution < -0.4 is 16.8 Å². The molecule has 0 spiro atoms. The van der Waals surface area contributed by atoms with E-state index in [0.29, 0.717) is 17.6 Å². The lowest BCUT2D eigenvalue weighted by Gasteiger charge is -2.03. The van der Waals surface area contributed by atoms with Gasteiger partial charge in [-0.2, -0.15) is 0 Å². The maximum absolute atomic E-state index is 10.9. The van der Waals surface area contributed by atoms with Crippen LogP contribution in [0.25, 0.3) is 11.1 Å². The Balaban J connectivity index is 2.19. The number of aromatic nitrogens is 1. The standard InChI is InChI=1S/C10H13N3O2/c11-4-1-5-12-7-2-3-8-9(6-7)15-10(14)13-8/h2-3,6,12H,1,4-5,11H2,(H,13,14). The number of hydrogen-bond acceptors (Lipinski definition) is 4. The molecule has 0 aliphatic carbocycles. The number of nitrogens with one attached hydrogen (secondary N) is 2. The van der Waals surface area contributed by atoms with E-state index in [-0.39, 0.29) is 0 Å². The van der Waals surface area contributed by atoms with E-state index in [0.717, 1.165) is 18.7 Å². The van der Waals surface area contributed by atoms with E-state index in [1.807, 2.05) is 12.1 Å². The van der Waals surface area contributed by atoms with Crippen LogP contribution in [0.5, 0.6) is 0 Å². The van der Waals surface area contributed by atoms with Crippen molar-refractivity contribution in [2.24, 2.45) is 5.73 Å². The molecule has 0 unspecified atom stereocenters. The molecule has 1 aromatic heterocycles. The molecule has 2 aromatic rings. The van der Waals surface area contributed by atoms with Gasteiger partial charge in [-0.15, -0.1) is 0 Å². The van der Waals surface area contributed by atoms with Gasteiger partial charge in [-0.25, -0.2) is 4.79 Å². The summed E-state index contributed by atoms with van der Waals surface area (Å²) < 4.78 is 4.94. The molecule has 0 aliphatic rings. The lowest BCUT2D eigenvalue weighted by atomic mass is 10.3. The zero-order chi connectivity index (χ0) is 10.7. The van der Waals surface area contributed by atoms with Crippen molar-refractivity contribution in [3.8, 4) is 0 Å². The summed E-state index contributed by atoms with van der Waals surface area (Å²) in [5, 5.41) is 3.19. The van der Waals surface area contributed by atoms with Crippen molar-refractivity contribution in [3.63, 3.8) is 0 Å². The fourth-order valence-corrected chi connectivity index (χ4v) is 1.39. The lowest BCUT2D eigenvalue weighted by Crippen LogP contribution is -2.08. The van der Waals surface area contributed by atoms with Crippen molar-refractivity contribution < 1.29 is 4.42 Å². The Hall–Kier alpha value is -1.75. The van der Waals surface area contributed by atoms with E-state index >= 15 is 0 Å². The Kier molecular flexibility index (Phi) is 2.73. The molecule has 0 saturated carbocycles. The van der Waals surface area contributed by atoms with Gasteiger partial charge in [0.25, 0.3) is 0 Å². The molecule has 5 heteroatoms. The quantitative estimate of drug-likeness (QED) is 0.650. The molecular formula is C10H13N3O2. The minimum atomic E-state index is -0.427. The Morgan fingerprint density at radius 2 is 2.33 bits per heavy atom. The maximum Gasteiger partial charge on any atom is 0.417 e. The highest BCUT2D eigenvalue weighted by atomic mass is 16.4. The summed E-state index contributed by atoms with van der Waals surface area (Å²) in [7, 11) is 0. The third-order valence-electron chi connectivity index (χ3n) is 2.13. The first-order valence-electron chi connectivity index (χ1n) is 4.86. The molecule has 4 N–H and O–H groups in total. The average Bonchev–Trinajstić information content (AvgIpc) is 2.57. The van der Waals surface area contributed by atoms with Crippen molar-refractivity contribution in [2.75, 3.05) is 18.4 Å². The summed E-state index contributed by atoms with van der Waals surface area (Å²) in [6.07, 6.45) is 0.912. The number of rotatable bonds is 4. The Labute approximate surface area is 86.3 Å². The molecule has 1 aromatic carbocycles. The number of nitrogens with two attached hydrogens (primary N) is 1. The molecule has 0 radical (unpaired) electrons. The zero-order valence-corrected chi connectivity index (χ0v) is 8.25. The van der Waals surface area contributed by atoms with Crippen LogP contribution in [0.1, 0.15) is 6.42 Å². The second-order valence-electron chi connectivity index (χ2n) is 3.29. The van der Waals surface area contributed by atoms with Crippen LogP contribution in [0.4, 0.5) is 5.69 Å². The van der Waals surface area contributed by atoms with E-state index in [1.54, 1.807) is 6.07 Å². The lowest BCUT2D eigenvalue weighted by molar-refractivity contribution is 0.555. The maximum atomic E-state index is 10.9. The minimum Gasteiger partial charge on any atom is -0.408 e. The SMILES string of the molecule is NCCCNc1ccc2[nH]c(=O)oc2c1. The topological polar surface area (TPSA) is 84.0 Å². The molecule has 0 fully saturated rings. The van der Waals surface area contributed by atoms with Gasteiger partial charge in [0.15, 0.2) is 5.58 Å². The average molecular weight is 207 g/mol. The summed E-state index contributed by atoms with van der Waals surface area (Å²) in [6, 6.07) is 5.50. The van der Waals surface area contributed by atoms with Crippen LogP contribution in [-0.2, 0) is 0 Å². The van der Waals surface area contributed by atoms with E-state index < -0.39 is 5.76 Å². The van der Waals surface area contributed by atoms with Gasteiger partial charge >= 0.3 is 5.76 Å². The van der Waals surface area contributed by atoms with Gasteiger partial charge in [0.2, 0.25) is 0 Å². The number of fused-ring (bicyclic) bond motifs is 1. The van der Waals surface area contributed by atoms with Crippen molar-refractivity contribution in [3.05, 3.63) is 28.7 Å². The molecule has 0 bridgehead atoms. The van der Waals surface area contributed by atoms with Crippen LogP contribution >= 0.6 is 0 Å². The summed E-state index contributed by atoms with van der Waals surface area (Å²) in [6.45, 7) is 1.48. The van der Waals surface area contributed by atoms with Crippen molar-refractivity contribution in [1.82, 2.24) is 4.98 Å². The summed E-state index contributed by atoms with van der Waals surface area (Å²) in [4.78, 5) is 13.5. The van der Waals surface area contributed by atoms with Crippen LogP contribution in [0, 0.1) is 0 Å². The van der Waals surface area contributed by atoms with E-state index in [2.05, 4.69) is 10.3 Å². The molecule has 0 atom stereocenters. The third-order valence-corrected chi connectivity index (χ3v) is 2.13. The van der Waals surface area contributed by atoms with E-state index in [4.69, 9.17) is 10.2 Å². The largest absolute Gasteiger partial charge is 0.417 e. The molecule has 80 valence electrons. The predicted molar refractivity (Wildman–Crippen MR) is 59.0 cm³/mol. The van der Waals surface area contributed by atoms with Crippen molar-refractivity contribution in [1.29, 1.82) is 0 Å². The smallest absolute Gasteiger partial charge is 0.408 e. The van der Waals surface area contributed by atoms with Gasteiger partial charge in [0.05, 0.1) is 5.52 Å². The summed E-state index contributed by atoms with van der Waals surface area (Å²) >= 11 is 0. The van der Waals surface area contributed by atoms with Crippen LogP contribution in [0.15, 0.2) is 27.4 Å². The first-order chi connectivity index (χ1) is 7.29. The van der Waals surface area contributed by atoms with Gasteiger partial charge in [-0.3, -0.25) is 4.98 Å². The zero-order valence-electron chi connectivity index (χ0n) is 8.25. The predicted octanol–water partition coefficient (Wildman–Crippen LogP) is 0.882. The fraction of sp³-hybridized carbons (Fsp3) is 0.300. The monoisotopic (exact) mass is 207 g/mol. The van der Waals surface area contributed by atoms with Gasteiger partial charge in [0.1, 0.15) is 0 Å². The highest BCUT2D eigenvalue weighted by Crippen LogP contribution is 2.15. The van der Waals surface area contributed by atoms with Gasteiger partial charge < -0.3 is 15.5 Å². The Bertz CT molecular complexity index is 501. The normalized spacial score (nSPS) is 10.7. The minimum absolute atomic E-state index is 0.427. The second-order valence-corrected chi connectivity index (χ2v) is 3.29. The summed E-state index contributed by atoms with van der Waals surface area (Å²) in [5.74, 6) is -0.427. The van der Waals surface area contributed by atoms with Crippen molar-refractivity contribution >= 4 is 16.8 Å². The molecule has 0 aliphatic heterocycles. The Morgan fingerprint density at radius 1 is 1.47 bits per heavy atom. The molecule has 2 rings (SSSR count). The van der Waals surface area contributed by atoms with Crippen LogP contribution in [0.3, 0.4) is 0 Å². The number of aromatic amines is 1. The molecule has 5 nitrogen and oxygen atoms in total. The first-order valence-corrected chi connectivity index (χ1v) is 4.86. The van der Waals surface area contributed by atoms with E-state index in [1.165, 1.54) is 0 Å². The number of hydrogen-bond donors (Lipinski definition) is 3. The van der Waals surface area contributed by atoms with Gasteiger partial charge in [-0.1, -0.05) is 0 Å². The third kappa shape index (κ3) is 2.19. The second kappa shape index (κ2) is 4.18. The fourth-order valence-electron chi connectivity index (χ4n) is 1.39. The highest BCUT2D eigenvalue weighted by molar-refractivity contribution is 5.76. The van der Waals surface area contributed by atoms with E-state index in [9.17, 15) is 4.79 Å². The first kappa shape index (κ1) is 9.79. The van der Waals surface area contributed by atoms with Crippen molar-refractivity contribution in [2.45, 2.75) is 6.42 Å². The molecule has 1 heterocycles. The van der Waals surface area contributed by atoms with Gasteiger partial charge in [0, 0.05) is 18.3 Å².